The third-order valence-electron chi connectivity index (χ3n) is 8.31. The van der Waals surface area contributed by atoms with Crippen LogP contribution in [0, 0.1) is 11.8 Å². The van der Waals surface area contributed by atoms with Gasteiger partial charge in [0.15, 0.2) is 11.5 Å². The lowest BCUT2D eigenvalue weighted by Crippen LogP contribution is -2.30. The molecule has 0 saturated heterocycles. The molecule has 2 aromatic carbocycles. The van der Waals surface area contributed by atoms with Crippen molar-refractivity contribution >= 4 is 40.6 Å². The highest BCUT2D eigenvalue weighted by Gasteiger charge is 2.49. The van der Waals surface area contributed by atoms with E-state index in [2.05, 4.69) is 8.75 Å². The van der Waals surface area contributed by atoms with Crippen molar-refractivity contribution in [3.8, 4) is 17.2 Å². The normalized spacial score (nSPS) is 21.1. The number of nitrogens with zero attached hydrogens (tertiary/aromatic N) is 2. The largest absolute Gasteiger partial charge is 0.493 e. The van der Waals surface area contributed by atoms with E-state index >= 15 is 0 Å². The lowest BCUT2D eigenvalue weighted by molar-refractivity contribution is -0.185. The quantitative estimate of drug-likeness (QED) is 0.259. The molecular weight excluding hydrogens is 544 g/mol. The van der Waals surface area contributed by atoms with Crippen LogP contribution in [0.2, 0.25) is 0 Å². The number of cyclic esters (lactones) is 1. The van der Waals surface area contributed by atoms with Gasteiger partial charge in [0.25, 0.3) is 5.79 Å². The molecule has 41 heavy (non-hydrogen) atoms. The summed E-state index contributed by atoms with van der Waals surface area (Å²) in [4.78, 5) is 23.3. The Hall–Kier alpha value is -3.50. The van der Waals surface area contributed by atoms with E-state index in [9.17, 15) is 14.7 Å². The molecule has 0 radical (unpaired) electrons. The number of fused-ring (bicyclic) bond motifs is 1. The molecule has 3 aromatic rings. The van der Waals surface area contributed by atoms with Crippen molar-refractivity contribution in [3.05, 3.63) is 47.0 Å². The second-order valence-electron chi connectivity index (χ2n) is 10.8. The number of carbonyl (C=O) groups excluding carboxylic acids is 2. The lowest BCUT2D eigenvalue weighted by atomic mass is 9.85. The lowest BCUT2D eigenvalue weighted by Gasteiger charge is -2.28. The summed E-state index contributed by atoms with van der Waals surface area (Å²) in [5.41, 5.74) is 3.37. The first kappa shape index (κ1) is 29.0. The number of hydrogen-bond acceptors (Lipinski definition) is 10. The first-order chi connectivity index (χ1) is 19.9. The van der Waals surface area contributed by atoms with Crippen molar-refractivity contribution in [2.75, 3.05) is 21.3 Å². The van der Waals surface area contributed by atoms with E-state index in [-0.39, 0.29) is 0 Å². The van der Waals surface area contributed by atoms with Gasteiger partial charge in [-0.1, -0.05) is 44.6 Å². The number of benzene rings is 2. The Bertz CT molecular complexity index is 1410. The van der Waals surface area contributed by atoms with Crippen molar-refractivity contribution in [3.63, 3.8) is 0 Å². The SMILES string of the molecule is COc1cc(C2(O)OC(=O)C(c3ccc4nsnc4c3)=C2CC2CCCC2)cc(OC)c1OC.O=CC1CCCC1. The van der Waals surface area contributed by atoms with Gasteiger partial charge in [-0.25, -0.2) is 4.79 Å². The van der Waals surface area contributed by atoms with Crippen LogP contribution in [0.4, 0.5) is 0 Å². The van der Waals surface area contributed by atoms with E-state index in [0.29, 0.717) is 63.3 Å². The van der Waals surface area contributed by atoms with Gasteiger partial charge in [0.2, 0.25) is 5.75 Å². The first-order valence-corrected chi connectivity index (χ1v) is 14.8. The van der Waals surface area contributed by atoms with E-state index in [1.165, 1.54) is 34.2 Å². The second-order valence-corrected chi connectivity index (χ2v) is 11.3. The fourth-order valence-corrected chi connectivity index (χ4v) is 6.63. The van der Waals surface area contributed by atoms with Gasteiger partial charge in [-0.05, 0) is 55.0 Å². The molecule has 0 bridgehead atoms. The molecule has 2 aliphatic carbocycles. The Kier molecular flexibility index (Phi) is 8.89. The Morgan fingerprint density at radius 3 is 2.17 bits per heavy atom. The summed E-state index contributed by atoms with van der Waals surface area (Å²) in [6.07, 6.45) is 10.8. The predicted molar refractivity (Wildman–Crippen MR) is 155 cm³/mol. The third kappa shape index (κ3) is 5.81. The Morgan fingerprint density at radius 2 is 1.59 bits per heavy atom. The second kappa shape index (κ2) is 12.6. The smallest absolute Gasteiger partial charge is 0.341 e. The number of aldehydes is 1. The van der Waals surface area contributed by atoms with Crippen LogP contribution in [0.5, 0.6) is 17.2 Å². The zero-order chi connectivity index (χ0) is 29.0. The topological polar surface area (TPSA) is 117 Å². The molecule has 0 amide bonds. The molecule has 1 unspecified atom stereocenters. The number of hydrogen-bond donors (Lipinski definition) is 1. The van der Waals surface area contributed by atoms with Gasteiger partial charge in [0, 0.05) is 17.1 Å². The molecular formula is C31H36N2O7S. The number of rotatable bonds is 8. The minimum Gasteiger partial charge on any atom is -0.493 e. The summed E-state index contributed by atoms with van der Waals surface area (Å²) in [5.74, 6) is -0.638. The third-order valence-corrected chi connectivity index (χ3v) is 8.87. The van der Waals surface area contributed by atoms with Crippen molar-refractivity contribution < 1.29 is 33.6 Å². The number of methoxy groups -OCH3 is 3. The molecule has 3 aliphatic rings. The number of carbonyl (C=O) groups is 2. The zero-order valence-electron chi connectivity index (χ0n) is 23.7. The fraction of sp³-hybridized carbons (Fsp3) is 0.484. The molecule has 10 heteroatoms. The summed E-state index contributed by atoms with van der Waals surface area (Å²) < 4.78 is 30.7. The molecule has 0 spiro atoms. The minimum atomic E-state index is -1.96. The van der Waals surface area contributed by atoms with Crippen LogP contribution in [-0.4, -0.2) is 47.4 Å². The van der Waals surface area contributed by atoms with Crippen molar-refractivity contribution in [1.82, 2.24) is 8.75 Å². The molecule has 2 saturated carbocycles. The number of esters is 1. The van der Waals surface area contributed by atoms with E-state index < -0.39 is 11.8 Å². The summed E-state index contributed by atoms with van der Waals surface area (Å²) in [7, 11) is 4.52. The molecule has 1 atom stereocenters. The van der Waals surface area contributed by atoms with Crippen molar-refractivity contribution in [2.24, 2.45) is 11.8 Å². The van der Waals surface area contributed by atoms with Crippen LogP contribution in [-0.2, 0) is 20.1 Å². The predicted octanol–water partition coefficient (Wildman–Crippen LogP) is 5.83. The van der Waals surface area contributed by atoms with Crippen LogP contribution >= 0.6 is 11.7 Å². The van der Waals surface area contributed by atoms with Gasteiger partial charge in [0.05, 0.1) is 38.6 Å². The average molecular weight is 581 g/mol. The highest BCUT2D eigenvalue weighted by molar-refractivity contribution is 7.00. The van der Waals surface area contributed by atoms with E-state index in [4.69, 9.17) is 18.9 Å². The van der Waals surface area contributed by atoms with Crippen LogP contribution in [0.25, 0.3) is 16.6 Å². The van der Waals surface area contributed by atoms with Crippen molar-refractivity contribution in [1.29, 1.82) is 0 Å². The number of aliphatic hydroxyl groups is 1. The summed E-state index contributed by atoms with van der Waals surface area (Å²) >= 11 is 1.12. The van der Waals surface area contributed by atoms with Gasteiger partial charge in [-0.15, -0.1) is 0 Å². The van der Waals surface area contributed by atoms with E-state index in [1.807, 2.05) is 18.2 Å². The molecule has 1 aliphatic heterocycles. The molecule has 9 nitrogen and oxygen atoms in total. The molecule has 1 N–H and O–H groups in total. The molecule has 218 valence electrons. The Balaban J connectivity index is 0.000000423. The highest BCUT2D eigenvalue weighted by atomic mass is 32.1. The van der Waals surface area contributed by atoms with Gasteiger partial charge >= 0.3 is 5.97 Å². The van der Waals surface area contributed by atoms with Crippen molar-refractivity contribution in [2.45, 2.75) is 63.6 Å². The first-order valence-electron chi connectivity index (χ1n) is 14.1. The van der Waals surface area contributed by atoms with Gasteiger partial charge < -0.3 is 28.8 Å². The summed E-state index contributed by atoms with van der Waals surface area (Å²) in [5, 5.41) is 12.0. The maximum absolute atomic E-state index is 13.3. The Morgan fingerprint density at radius 1 is 0.951 bits per heavy atom. The maximum atomic E-state index is 13.3. The molecule has 2 heterocycles. The Labute approximate surface area is 243 Å². The van der Waals surface area contributed by atoms with Gasteiger partial charge in [-0.3, -0.25) is 0 Å². The standard InChI is InChI=1S/C25H26N2O6S.C6H10O/c1-30-20-12-16(13-21(31-2)23(20)32-3)25(29)17(10-14-6-4-5-7-14)22(24(28)33-25)15-8-9-18-19(11-15)27-34-26-18;7-5-6-3-1-2-4-6/h8-9,11-14,29H,4-7,10H2,1-3H3;5-6H,1-4H2. The van der Waals surface area contributed by atoms with Crippen LogP contribution in [0.3, 0.4) is 0 Å². The van der Waals surface area contributed by atoms with Gasteiger partial charge in [0.1, 0.15) is 17.3 Å². The summed E-state index contributed by atoms with van der Waals surface area (Å²) in [6.45, 7) is 0. The number of aromatic nitrogens is 2. The van der Waals surface area contributed by atoms with Crippen LogP contribution in [0.1, 0.15) is 68.9 Å². The van der Waals surface area contributed by atoms with Crippen LogP contribution in [0.15, 0.2) is 35.9 Å². The highest BCUT2D eigenvalue weighted by Crippen LogP contribution is 2.50. The molecule has 6 rings (SSSR count). The fourth-order valence-electron chi connectivity index (χ4n) is 6.12. The van der Waals surface area contributed by atoms with Gasteiger partial charge in [-0.2, -0.15) is 8.75 Å². The minimum absolute atomic E-state index is 0.342. The van der Waals surface area contributed by atoms with E-state index in [0.717, 1.165) is 62.1 Å². The zero-order valence-corrected chi connectivity index (χ0v) is 24.5. The van der Waals surface area contributed by atoms with E-state index in [1.54, 1.807) is 12.1 Å². The average Bonchev–Trinajstić information content (AvgIpc) is 3.81. The molecule has 2 fully saturated rings. The summed E-state index contributed by atoms with van der Waals surface area (Å²) in [6, 6.07) is 8.74. The monoisotopic (exact) mass is 580 g/mol. The maximum Gasteiger partial charge on any atom is 0.341 e. The number of ether oxygens (including phenoxy) is 4. The van der Waals surface area contributed by atoms with Crippen LogP contribution < -0.4 is 14.2 Å². The molecule has 1 aromatic heterocycles.